The van der Waals surface area contributed by atoms with Crippen molar-refractivity contribution in [2.75, 3.05) is 7.11 Å². The molecule has 0 unspecified atom stereocenters. The number of hydrogen-bond donors (Lipinski definition) is 0. The van der Waals surface area contributed by atoms with Gasteiger partial charge in [-0.15, -0.1) is 10.2 Å². The van der Waals surface area contributed by atoms with Crippen LogP contribution in [-0.2, 0) is 6.61 Å². The number of rotatable bonds is 6. The lowest BCUT2D eigenvalue weighted by Crippen LogP contribution is -1.94. The van der Waals surface area contributed by atoms with Crippen LogP contribution < -0.4 is 9.47 Å². The molecular weight excluding hydrogens is 356 g/mol. The van der Waals surface area contributed by atoms with Gasteiger partial charge in [-0.2, -0.15) is 0 Å². The highest BCUT2D eigenvalue weighted by atomic mass is 32.1. The van der Waals surface area contributed by atoms with E-state index >= 15 is 0 Å². The third-order valence-corrected chi connectivity index (χ3v) is 5.07. The molecule has 0 spiro atoms. The number of ether oxygens (including phenoxy) is 2. The lowest BCUT2D eigenvalue weighted by Gasteiger charge is -2.05. The zero-order valence-electron chi connectivity index (χ0n) is 14.8. The predicted octanol–water partition coefficient (Wildman–Crippen LogP) is 5.46. The molecule has 4 nitrogen and oxygen atoms in total. The highest BCUT2D eigenvalue weighted by molar-refractivity contribution is 7.14. The van der Waals surface area contributed by atoms with E-state index < -0.39 is 0 Å². The van der Waals surface area contributed by atoms with Gasteiger partial charge in [0.05, 0.1) is 7.11 Å². The van der Waals surface area contributed by atoms with Gasteiger partial charge in [-0.25, -0.2) is 0 Å². The number of nitrogens with zero attached hydrogens (tertiary/aromatic N) is 2. The van der Waals surface area contributed by atoms with E-state index in [1.807, 2.05) is 54.6 Å². The quantitative estimate of drug-likeness (QED) is 0.449. The van der Waals surface area contributed by atoms with Gasteiger partial charge < -0.3 is 9.47 Å². The predicted molar refractivity (Wildman–Crippen MR) is 108 cm³/mol. The molecule has 1 heterocycles. The lowest BCUT2D eigenvalue weighted by molar-refractivity contribution is 0.304. The van der Waals surface area contributed by atoms with Gasteiger partial charge in [0.25, 0.3) is 0 Å². The molecule has 1 aromatic heterocycles. The van der Waals surface area contributed by atoms with E-state index in [9.17, 15) is 0 Å². The fraction of sp³-hybridized carbons (Fsp3) is 0.0909. The molecule has 134 valence electrons. The Hall–Kier alpha value is -3.18. The molecule has 0 saturated heterocycles. The Morgan fingerprint density at radius 1 is 0.704 bits per heavy atom. The molecule has 0 aliphatic heterocycles. The number of benzene rings is 3. The minimum atomic E-state index is 0.401. The van der Waals surface area contributed by atoms with Gasteiger partial charge in [0.15, 0.2) is 5.01 Å². The van der Waals surface area contributed by atoms with Crippen molar-refractivity contribution in [1.82, 2.24) is 10.2 Å². The first kappa shape index (κ1) is 17.2. The second-order valence-corrected chi connectivity index (χ2v) is 6.97. The number of aromatic nitrogens is 2. The van der Waals surface area contributed by atoms with Crippen LogP contribution in [0.2, 0.25) is 0 Å². The van der Waals surface area contributed by atoms with Gasteiger partial charge in [0, 0.05) is 5.56 Å². The topological polar surface area (TPSA) is 44.2 Å². The Balaban J connectivity index is 1.39. The normalized spacial score (nSPS) is 10.6. The fourth-order valence-corrected chi connectivity index (χ4v) is 3.44. The second kappa shape index (κ2) is 8.01. The van der Waals surface area contributed by atoms with E-state index in [0.29, 0.717) is 6.61 Å². The van der Waals surface area contributed by atoms with Gasteiger partial charge >= 0.3 is 0 Å². The Morgan fingerprint density at radius 2 is 1.33 bits per heavy atom. The van der Waals surface area contributed by atoms with Crippen LogP contribution in [0.1, 0.15) is 5.01 Å². The van der Waals surface area contributed by atoms with Crippen molar-refractivity contribution in [1.29, 1.82) is 0 Å². The third kappa shape index (κ3) is 4.15. The van der Waals surface area contributed by atoms with Crippen LogP contribution in [0.25, 0.3) is 21.7 Å². The molecule has 4 aromatic rings. The van der Waals surface area contributed by atoms with Crippen LogP contribution in [0.5, 0.6) is 11.5 Å². The van der Waals surface area contributed by atoms with Crippen molar-refractivity contribution >= 4 is 11.3 Å². The van der Waals surface area contributed by atoms with Crippen molar-refractivity contribution in [3.8, 4) is 33.2 Å². The minimum Gasteiger partial charge on any atom is -0.497 e. The lowest BCUT2D eigenvalue weighted by atomic mass is 10.1. The smallest absolute Gasteiger partial charge is 0.155 e. The van der Waals surface area contributed by atoms with Crippen molar-refractivity contribution in [2.24, 2.45) is 0 Å². The van der Waals surface area contributed by atoms with Gasteiger partial charge in [0.1, 0.15) is 23.1 Å². The first-order chi connectivity index (χ1) is 13.3. The molecule has 4 rings (SSSR count). The van der Waals surface area contributed by atoms with Gasteiger partial charge in [0.2, 0.25) is 0 Å². The molecule has 0 aliphatic carbocycles. The minimum absolute atomic E-state index is 0.401. The standard InChI is InChI=1S/C22H18N2O2S/c1-25-19-11-9-18(10-12-19)22-24-23-21(27-22)15-26-20-13-7-17(8-14-20)16-5-3-2-4-6-16/h2-14H,15H2,1H3. The monoisotopic (exact) mass is 374 g/mol. The Bertz CT molecular complexity index is 997. The number of methoxy groups -OCH3 is 1. The van der Waals surface area contributed by atoms with Gasteiger partial charge in [-0.1, -0.05) is 53.8 Å². The highest BCUT2D eigenvalue weighted by Gasteiger charge is 2.08. The maximum absolute atomic E-state index is 5.86. The van der Waals surface area contributed by atoms with E-state index in [1.165, 1.54) is 22.5 Å². The van der Waals surface area contributed by atoms with E-state index in [0.717, 1.165) is 27.1 Å². The second-order valence-electron chi connectivity index (χ2n) is 5.91. The molecule has 5 heteroatoms. The van der Waals surface area contributed by atoms with Crippen LogP contribution >= 0.6 is 11.3 Å². The summed E-state index contributed by atoms with van der Waals surface area (Å²) in [5.74, 6) is 1.64. The van der Waals surface area contributed by atoms with Gasteiger partial charge in [-0.3, -0.25) is 0 Å². The van der Waals surface area contributed by atoms with Crippen LogP contribution in [0.4, 0.5) is 0 Å². The van der Waals surface area contributed by atoms with E-state index in [1.54, 1.807) is 7.11 Å². The zero-order valence-corrected chi connectivity index (χ0v) is 15.6. The molecule has 3 aromatic carbocycles. The van der Waals surface area contributed by atoms with Crippen molar-refractivity contribution in [3.05, 3.63) is 83.9 Å². The van der Waals surface area contributed by atoms with Crippen molar-refractivity contribution < 1.29 is 9.47 Å². The third-order valence-electron chi connectivity index (χ3n) is 4.13. The SMILES string of the molecule is COc1ccc(-c2nnc(COc3ccc(-c4ccccc4)cc3)s2)cc1. The molecule has 27 heavy (non-hydrogen) atoms. The zero-order chi connectivity index (χ0) is 18.5. The van der Waals surface area contributed by atoms with Crippen molar-refractivity contribution in [2.45, 2.75) is 6.61 Å². The molecule has 0 fully saturated rings. The largest absolute Gasteiger partial charge is 0.497 e. The molecule has 0 radical (unpaired) electrons. The summed E-state index contributed by atoms with van der Waals surface area (Å²) < 4.78 is 11.0. The van der Waals surface area contributed by atoms with Crippen LogP contribution in [-0.4, -0.2) is 17.3 Å². The summed E-state index contributed by atoms with van der Waals surface area (Å²) in [4.78, 5) is 0. The van der Waals surface area contributed by atoms with E-state index in [-0.39, 0.29) is 0 Å². The van der Waals surface area contributed by atoms with Crippen LogP contribution in [0.15, 0.2) is 78.9 Å². The average Bonchev–Trinajstić information content (AvgIpc) is 3.22. The Labute approximate surface area is 162 Å². The highest BCUT2D eigenvalue weighted by Crippen LogP contribution is 2.27. The summed E-state index contributed by atoms with van der Waals surface area (Å²) in [5.41, 5.74) is 3.38. The van der Waals surface area contributed by atoms with Crippen molar-refractivity contribution in [3.63, 3.8) is 0 Å². The van der Waals surface area contributed by atoms with E-state index in [4.69, 9.17) is 9.47 Å². The van der Waals surface area contributed by atoms with Crippen LogP contribution in [0.3, 0.4) is 0 Å². The molecule has 0 aliphatic rings. The average molecular weight is 374 g/mol. The molecule has 0 saturated carbocycles. The fourth-order valence-electron chi connectivity index (χ4n) is 2.68. The first-order valence-electron chi connectivity index (χ1n) is 8.57. The molecule has 0 N–H and O–H groups in total. The summed E-state index contributed by atoms with van der Waals surface area (Å²) in [5, 5.41) is 10.2. The molecule has 0 atom stereocenters. The summed E-state index contributed by atoms with van der Waals surface area (Å²) in [7, 11) is 1.65. The first-order valence-corrected chi connectivity index (χ1v) is 9.38. The van der Waals surface area contributed by atoms with Crippen LogP contribution in [0, 0.1) is 0 Å². The van der Waals surface area contributed by atoms with E-state index in [2.05, 4.69) is 34.5 Å². The maximum Gasteiger partial charge on any atom is 0.155 e. The molecule has 0 amide bonds. The summed E-state index contributed by atoms with van der Waals surface area (Å²) >= 11 is 1.53. The van der Waals surface area contributed by atoms with Gasteiger partial charge in [-0.05, 0) is 47.5 Å². The molecule has 0 bridgehead atoms. The number of hydrogen-bond acceptors (Lipinski definition) is 5. The summed E-state index contributed by atoms with van der Waals surface area (Å²) in [6, 6.07) is 26.2. The molecular formula is C22H18N2O2S. The Morgan fingerprint density at radius 3 is 2.04 bits per heavy atom. The summed E-state index contributed by atoms with van der Waals surface area (Å²) in [6.45, 7) is 0.401. The Kier molecular flexibility index (Phi) is 5.12. The summed E-state index contributed by atoms with van der Waals surface area (Å²) in [6.07, 6.45) is 0. The maximum atomic E-state index is 5.86.